The van der Waals surface area contributed by atoms with Gasteiger partial charge in [0.05, 0.1) is 11.4 Å². The van der Waals surface area contributed by atoms with Crippen LogP contribution in [0.15, 0.2) is 6.20 Å². The summed E-state index contributed by atoms with van der Waals surface area (Å²) >= 11 is 0. The van der Waals surface area contributed by atoms with Gasteiger partial charge in [0, 0.05) is 12.2 Å². The molecule has 2 N–H and O–H groups in total. The van der Waals surface area contributed by atoms with Crippen molar-refractivity contribution in [2.24, 2.45) is 0 Å². The fraction of sp³-hybridized carbons (Fsp3) is 0.625. The Kier molecular flexibility index (Phi) is 2.17. The number of nitrogens with two attached hydrogens (primary N) is 1. The van der Waals surface area contributed by atoms with Gasteiger partial charge in [0.15, 0.2) is 0 Å². The molecule has 0 aliphatic rings. The summed E-state index contributed by atoms with van der Waals surface area (Å²) in [5.74, 6) is 0. The van der Waals surface area contributed by atoms with E-state index in [2.05, 4.69) is 25.9 Å². The average Bonchev–Trinajstić information content (AvgIpc) is 2.31. The molecule has 1 heterocycles. The third-order valence-corrected chi connectivity index (χ3v) is 1.70. The van der Waals surface area contributed by atoms with Gasteiger partial charge in [-0.1, -0.05) is 6.92 Å². The molecule has 0 aliphatic carbocycles. The Morgan fingerprint density at radius 3 is 2.55 bits per heavy atom. The second-order valence-electron chi connectivity index (χ2n) is 2.96. The molecule has 0 spiro atoms. The van der Waals surface area contributed by atoms with E-state index in [1.165, 1.54) is 0 Å². The summed E-state index contributed by atoms with van der Waals surface area (Å²) in [5, 5.41) is 4.32. The van der Waals surface area contributed by atoms with Gasteiger partial charge >= 0.3 is 0 Å². The minimum atomic E-state index is 0.401. The molecule has 1 rings (SSSR count). The smallest absolute Gasteiger partial charge is 0.0851 e. The Morgan fingerprint density at radius 2 is 2.27 bits per heavy atom. The van der Waals surface area contributed by atoms with E-state index in [9.17, 15) is 0 Å². The van der Waals surface area contributed by atoms with E-state index in [1.807, 2.05) is 10.9 Å². The average molecular weight is 153 g/mol. The van der Waals surface area contributed by atoms with Crippen molar-refractivity contribution < 1.29 is 0 Å². The molecule has 0 atom stereocenters. The minimum Gasteiger partial charge on any atom is -0.396 e. The van der Waals surface area contributed by atoms with E-state index >= 15 is 0 Å². The van der Waals surface area contributed by atoms with E-state index in [0.717, 1.165) is 17.8 Å². The van der Waals surface area contributed by atoms with E-state index < -0.39 is 0 Å². The summed E-state index contributed by atoms with van der Waals surface area (Å²) in [7, 11) is 0. The molecule has 0 saturated heterocycles. The van der Waals surface area contributed by atoms with Gasteiger partial charge in [-0.15, -0.1) is 0 Å². The summed E-state index contributed by atoms with van der Waals surface area (Å²) in [6, 6.07) is 0.401. The lowest BCUT2D eigenvalue weighted by atomic mass is 10.3. The lowest BCUT2D eigenvalue weighted by Crippen LogP contribution is -2.01. The van der Waals surface area contributed by atoms with Gasteiger partial charge in [0.1, 0.15) is 0 Å². The standard InChI is InChI=1S/C8H15N3/c1-4-8-7(9)5-11(10-8)6(2)3/h5-6H,4,9H2,1-3H3. The molecule has 0 amide bonds. The highest BCUT2D eigenvalue weighted by Gasteiger charge is 2.04. The molecule has 0 unspecified atom stereocenters. The number of nitrogen functional groups attached to an aromatic ring is 1. The first kappa shape index (κ1) is 8.11. The predicted molar refractivity (Wildman–Crippen MR) is 46.4 cm³/mol. The Labute approximate surface area is 67.2 Å². The van der Waals surface area contributed by atoms with Crippen molar-refractivity contribution in [1.82, 2.24) is 9.78 Å². The molecule has 3 heteroatoms. The normalized spacial score (nSPS) is 10.9. The first-order valence-corrected chi connectivity index (χ1v) is 3.98. The molecule has 1 aromatic heterocycles. The van der Waals surface area contributed by atoms with Crippen LogP contribution in [-0.4, -0.2) is 9.78 Å². The number of rotatable bonds is 2. The predicted octanol–water partition coefficient (Wildman–Crippen LogP) is 1.61. The van der Waals surface area contributed by atoms with Crippen LogP contribution in [0.25, 0.3) is 0 Å². The molecule has 0 bridgehead atoms. The fourth-order valence-corrected chi connectivity index (χ4v) is 0.982. The summed E-state index contributed by atoms with van der Waals surface area (Å²) in [4.78, 5) is 0. The third kappa shape index (κ3) is 1.53. The van der Waals surface area contributed by atoms with Gasteiger partial charge in [-0.3, -0.25) is 4.68 Å². The summed E-state index contributed by atoms with van der Waals surface area (Å²) < 4.78 is 1.90. The molecule has 1 aromatic rings. The second-order valence-corrected chi connectivity index (χ2v) is 2.96. The highest BCUT2D eigenvalue weighted by molar-refractivity contribution is 5.40. The Hall–Kier alpha value is -0.990. The molecular formula is C8H15N3. The first-order chi connectivity index (χ1) is 5.15. The van der Waals surface area contributed by atoms with Crippen molar-refractivity contribution >= 4 is 5.69 Å². The molecule has 62 valence electrons. The van der Waals surface area contributed by atoms with Crippen molar-refractivity contribution in [2.75, 3.05) is 5.73 Å². The molecule has 3 nitrogen and oxygen atoms in total. The number of hydrogen-bond donors (Lipinski definition) is 1. The zero-order chi connectivity index (χ0) is 8.43. The maximum absolute atomic E-state index is 5.71. The summed E-state index contributed by atoms with van der Waals surface area (Å²) in [5.41, 5.74) is 7.51. The first-order valence-electron chi connectivity index (χ1n) is 3.98. The van der Waals surface area contributed by atoms with Gasteiger partial charge in [0.25, 0.3) is 0 Å². The van der Waals surface area contributed by atoms with Crippen LogP contribution in [0.2, 0.25) is 0 Å². The van der Waals surface area contributed by atoms with Gasteiger partial charge in [0.2, 0.25) is 0 Å². The maximum Gasteiger partial charge on any atom is 0.0851 e. The van der Waals surface area contributed by atoms with Crippen LogP contribution in [0.5, 0.6) is 0 Å². The topological polar surface area (TPSA) is 43.8 Å². The quantitative estimate of drug-likeness (QED) is 0.701. The lowest BCUT2D eigenvalue weighted by molar-refractivity contribution is 0.527. The maximum atomic E-state index is 5.71. The summed E-state index contributed by atoms with van der Waals surface area (Å²) in [6.07, 6.45) is 2.80. The molecule has 0 saturated carbocycles. The fourth-order valence-electron chi connectivity index (χ4n) is 0.982. The number of aryl methyl sites for hydroxylation is 1. The van der Waals surface area contributed by atoms with Crippen LogP contribution in [0, 0.1) is 0 Å². The Bertz CT molecular complexity index is 237. The van der Waals surface area contributed by atoms with Crippen LogP contribution < -0.4 is 5.73 Å². The molecule has 0 aromatic carbocycles. The molecule has 0 radical (unpaired) electrons. The van der Waals surface area contributed by atoms with Crippen molar-refractivity contribution in [3.8, 4) is 0 Å². The van der Waals surface area contributed by atoms with Crippen molar-refractivity contribution in [1.29, 1.82) is 0 Å². The summed E-state index contributed by atoms with van der Waals surface area (Å²) in [6.45, 7) is 6.24. The Morgan fingerprint density at radius 1 is 1.64 bits per heavy atom. The molecule has 0 aliphatic heterocycles. The molecular weight excluding hydrogens is 138 g/mol. The monoisotopic (exact) mass is 153 g/mol. The Balaban J connectivity index is 2.95. The van der Waals surface area contributed by atoms with Crippen LogP contribution >= 0.6 is 0 Å². The van der Waals surface area contributed by atoms with Gasteiger partial charge in [-0.25, -0.2) is 0 Å². The lowest BCUT2D eigenvalue weighted by Gasteiger charge is -2.02. The number of anilines is 1. The largest absolute Gasteiger partial charge is 0.396 e. The van der Waals surface area contributed by atoms with Crippen LogP contribution in [0.4, 0.5) is 5.69 Å². The van der Waals surface area contributed by atoms with Crippen LogP contribution in [-0.2, 0) is 6.42 Å². The highest BCUT2D eigenvalue weighted by Crippen LogP contribution is 2.12. The van der Waals surface area contributed by atoms with Crippen molar-refractivity contribution in [3.05, 3.63) is 11.9 Å². The molecule has 0 fully saturated rings. The highest BCUT2D eigenvalue weighted by atomic mass is 15.3. The zero-order valence-electron chi connectivity index (χ0n) is 7.33. The van der Waals surface area contributed by atoms with E-state index in [1.54, 1.807) is 0 Å². The SMILES string of the molecule is CCc1nn(C(C)C)cc1N. The van der Waals surface area contributed by atoms with Gasteiger partial charge in [-0.05, 0) is 20.3 Å². The number of nitrogens with zero attached hydrogens (tertiary/aromatic N) is 2. The zero-order valence-corrected chi connectivity index (χ0v) is 7.33. The number of aromatic nitrogens is 2. The van der Waals surface area contributed by atoms with Crippen molar-refractivity contribution in [3.63, 3.8) is 0 Å². The van der Waals surface area contributed by atoms with E-state index in [-0.39, 0.29) is 0 Å². The van der Waals surface area contributed by atoms with Crippen LogP contribution in [0.1, 0.15) is 32.5 Å². The van der Waals surface area contributed by atoms with Gasteiger partial charge < -0.3 is 5.73 Å². The second kappa shape index (κ2) is 2.95. The van der Waals surface area contributed by atoms with Crippen molar-refractivity contribution in [2.45, 2.75) is 33.2 Å². The minimum absolute atomic E-state index is 0.401. The molecule has 11 heavy (non-hydrogen) atoms. The van der Waals surface area contributed by atoms with E-state index in [0.29, 0.717) is 6.04 Å². The van der Waals surface area contributed by atoms with Gasteiger partial charge in [-0.2, -0.15) is 5.10 Å². The third-order valence-electron chi connectivity index (χ3n) is 1.70. The van der Waals surface area contributed by atoms with Crippen LogP contribution in [0.3, 0.4) is 0 Å². The van der Waals surface area contributed by atoms with E-state index in [4.69, 9.17) is 5.73 Å². The number of hydrogen-bond acceptors (Lipinski definition) is 2.